The monoisotopic (exact) mass is 263 g/mol. The quantitative estimate of drug-likeness (QED) is 0.855. The fraction of sp³-hybridized carbons (Fsp3) is 0.455. The molecule has 0 aliphatic heterocycles. The highest BCUT2D eigenvalue weighted by atomic mass is 32.1. The number of rotatable bonds is 2. The van der Waals surface area contributed by atoms with Crippen LogP contribution >= 0.6 is 11.3 Å². The van der Waals surface area contributed by atoms with Gasteiger partial charge in [-0.3, -0.25) is 4.79 Å². The number of H-pyrrole nitrogens is 1. The van der Waals surface area contributed by atoms with Crippen molar-refractivity contribution >= 4 is 22.4 Å². The minimum absolute atomic E-state index is 0.0127. The van der Waals surface area contributed by atoms with Crippen LogP contribution in [0.5, 0.6) is 0 Å². The molecule has 2 aromatic rings. The highest BCUT2D eigenvalue weighted by molar-refractivity contribution is 7.13. The third-order valence-electron chi connectivity index (χ3n) is 3.12. The highest BCUT2D eigenvalue weighted by Gasteiger charge is 2.27. The Kier molecular flexibility index (Phi) is 2.83. The molecule has 3 rings (SSSR count). The van der Waals surface area contributed by atoms with Crippen molar-refractivity contribution in [3.05, 3.63) is 22.7 Å². The number of aromatic amines is 1. The van der Waals surface area contributed by atoms with E-state index in [9.17, 15) is 4.79 Å². The lowest BCUT2D eigenvalue weighted by Crippen LogP contribution is -2.28. The number of imidazole rings is 1. The molecule has 1 aliphatic rings. The van der Waals surface area contributed by atoms with Crippen LogP contribution in [0, 0.1) is 12.8 Å². The van der Waals surface area contributed by atoms with E-state index in [4.69, 9.17) is 0 Å². The van der Waals surface area contributed by atoms with Gasteiger partial charge in [0.15, 0.2) is 0 Å². The van der Waals surface area contributed by atoms with Gasteiger partial charge in [-0.15, -0.1) is 10.2 Å². The van der Waals surface area contributed by atoms with Crippen LogP contribution in [0.4, 0.5) is 5.13 Å². The molecule has 1 amide bonds. The summed E-state index contributed by atoms with van der Waals surface area (Å²) in [6.45, 7) is 1.94. The van der Waals surface area contributed by atoms with Crippen molar-refractivity contribution in [3.8, 4) is 0 Å². The van der Waals surface area contributed by atoms with Crippen LogP contribution in [0.1, 0.15) is 23.6 Å². The minimum Gasteiger partial charge on any atom is -0.346 e. The number of anilines is 1. The molecule has 18 heavy (non-hydrogen) atoms. The van der Waals surface area contributed by atoms with E-state index in [0.29, 0.717) is 5.13 Å². The second-order valence-electron chi connectivity index (χ2n) is 4.42. The van der Waals surface area contributed by atoms with Gasteiger partial charge in [0.05, 0.1) is 5.69 Å². The van der Waals surface area contributed by atoms with Gasteiger partial charge < -0.3 is 10.3 Å². The number of hydrogen-bond donors (Lipinski definition) is 2. The molecular weight excluding hydrogens is 250 g/mol. The van der Waals surface area contributed by atoms with E-state index < -0.39 is 0 Å². The SMILES string of the molecule is Cc1nc2c([nH]1)CC(C(=O)Nc1nncs1)CC2. The average molecular weight is 263 g/mol. The zero-order valence-corrected chi connectivity index (χ0v) is 10.8. The van der Waals surface area contributed by atoms with E-state index in [-0.39, 0.29) is 11.8 Å². The Morgan fingerprint density at radius 1 is 1.61 bits per heavy atom. The number of nitrogens with one attached hydrogen (secondary N) is 2. The Balaban J connectivity index is 1.70. The summed E-state index contributed by atoms with van der Waals surface area (Å²) in [6, 6.07) is 0. The van der Waals surface area contributed by atoms with Gasteiger partial charge in [0.1, 0.15) is 11.3 Å². The van der Waals surface area contributed by atoms with Crippen LogP contribution in [0.25, 0.3) is 0 Å². The molecule has 1 aliphatic carbocycles. The first kappa shape index (κ1) is 11.3. The van der Waals surface area contributed by atoms with Crippen molar-refractivity contribution in [1.29, 1.82) is 0 Å². The maximum Gasteiger partial charge on any atom is 0.229 e. The summed E-state index contributed by atoms with van der Waals surface area (Å²) in [5.41, 5.74) is 3.80. The average Bonchev–Trinajstić information content (AvgIpc) is 2.95. The smallest absolute Gasteiger partial charge is 0.229 e. The molecule has 0 saturated heterocycles. The number of hydrogen-bond acceptors (Lipinski definition) is 5. The number of aromatic nitrogens is 4. The largest absolute Gasteiger partial charge is 0.346 e. The number of amides is 1. The molecule has 1 atom stereocenters. The molecule has 2 aromatic heterocycles. The van der Waals surface area contributed by atoms with E-state index in [1.54, 1.807) is 5.51 Å². The van der Waals surface area contributed by atoms with Crippen LogP contribution in [0.2, 0.25) is 0 Å². The molecule has 6 nitrogen and oxygen atoms in total. The molecule has 1 unspecified atom stereocenters. The maximum absolute atomic E-state index is 12.1. The molecular formula is C11H13N5OS. The number of carbonyl (C=O) groups is 1. The second kappa shape index (κ2) is 4.49. The summed E-state index contributed by atoms with van der Waals surface area (Å²) in [4.78, 5) is 19.7. The number of carbonyl (C=O) groups excluding carboxylic acids is 1. The van der Waals surface area contributed by atoms with Crippen molar-refractivity contribution < 1.29 is 4.79 Å². The first-order chi connectivity index (χ1) is 8.72. The van der Waals surface area contributed by atoms with E-state index in [1.807, 2.05) is 6.92 Å². The second-order valence-corrected chi connectivity index (χ2v) is 5.25. The summed E-state index contributed by atoms with van der Waals surface area (Å²) in [5, 5.41) is 10.9. The van der Waals surface area contributed by atoms with Gasteiger partial charge in [-0.1, -0.05) is 11.3 Å². The fourth-order valence-electron chi connectivity index (χ4n) is 2.28. The lowest BCUT2D eigenvalue weighted by Gasteiger charge is -2.19. The first-order valence-corrected chi connectivity index (χ1v) is 6.71. The van der Waals surface area contributed by atoms with Gasteiger partial charge in [-0.25, -0.2) is 4.98 Å². The Morgan fingerprint density at radius 2 is 2.50 bits per heavy atom. The Morgan fingerprint density at radius 3 is 3.28 bits per heavy atom. The molecule has 94 valence electrons. The van der Waals surface area contributed by atoms with Crippen molar-refractivity contribution in [1.82, 2.24) is 20.2 Å². The Bertz CT molecular complexity index is 562. The van der Waals surface area contributed by atoms with Crippen molar-refractivity contribution in [2.45, 2.75) is 26.2 Å². The lowest BCUT2D eigenvalue weighted by molar-refractivity contribution is -0.120. The van der Waals surface area contributed by atoms with Gasteiger partial charge >= 0.3 is 0 Å². The minimum atomic E-state index is -0.0127. The third-order valence-corrected chi connectivity index (χ3v) is 3.73. The lowest BCUT2D eigenvalue weighted by atomic mass is 9.89. The van der Waals surface area contributed by atoms with Gasteiger partial charge in [-0.2, -0.15) is 0 Å². The Hall–Kier alpha value is -1.76. The van der Waals surface area contributed by atoms with E-state index in [0.717, 1.165) is 36.5 Å². The highest BCUT2D eigenvalue weighted by Crippen LogP contribution is 2.25. The topological polar surface area (TPSA) is 83.6 Å². The summed E-state index contributed by atoms with van der Waals surface area (Å²) >= 11 is 1.33. The Labute approximate surface area is 108 Å². The fourth-order valence-corrected chi connectivity index (χ4v) is 2.73. The van der Waals surface area contributed by atoms with Crippen LogP contribution in [-0.2, 0) is 17.6 Å². The van der Waals surface area contributed by atoms with Crippen LogP contribution < -0.4 is 5.32 Å². The molecule has 2 heterocycles. The van der Waals surface area contributed by atoms with Crippen LogP contribution in [0.3, 0.4) is 0 Å². The van der Waals surface area contributed by atoms with Crippen LogP contribution in [0.15, 0.2) is 5.51 Å². The molecule has 0 spiro atoms. The molecule has 0 fully saturated rings. The molecule has 0 radical (unpaired) electrons. The zero-order valence-electron chi connectivity index (χ0n) is 9.93. The molecule has 0 bridgehead atoms. The molecule has 7 heteroatoms. The molecule has 0 aromatic carbocycles. The maximum atomic E-state index is 12.1. The predicted octanol–water partition coefficient (Wildman–Crippen LogP) is 1.31. The number of fused-ring (bicyclic) bond motifs is 1. The van der Waals surface area contributed by atoms with E-state index in [1.165, 1.54) is 11.3 Å². The third kappa shape index (κ3) is 2.13. The molecule has 2 N–H and O–H groups in total. The van der Waals surface area contributed by atoms with E-state index in [2.05, 4.69) is 25.5 Å². The van der Waals surface area contributed by atoms with Gasteiger partial charge in [0, 0.05) is 18.0 Å². The summed E-state index contributed by atoms with van der Waals surface area (Å²) in [5.74, 6) is 0.927. The summed E-state index contributed by atoms with van der Waals surface area (Å²) < 4.78 is 0. The van der Waals surface area contributed by atoms with Gasteiger partial charge in [0.2, 0.25) is 11.0 Å². The van der Waals surface area contributed by atoms with Crippen molar-refractivity contribution in [2.24, 2.45) is 5.92 Å². The van der Waals surface area contributed by atoms with Gasteiger partial charge in [0.25, 0.3) is 0 Å². The zero-order chi connectivity index (χ0) is 12.5. The van der Waals surface area contributed by atoms with E-state index >= 15 is 0 Å². The predicted molar refractivity (Wildman–Crippen MR) is 67.4 cm³/mol. The van der Waals surface area contributed by atoms with Crippen molar-refractivity contribution in [2.75, 3.05) is 5.32 Å². The standard InChI is InChI=1S/C11H13N5OS/c1-6-13-8-3-2-7(4-9(8)14-6)10(17)15-11-16-12-5-18-11/h5,7H,2-4H2,1H3,(H,13,14)(H,15,16,17). The van der Waals surface area contributed by atoms with Crippen LogP contribution in [-0.4, -0.2) is 26.1 Å². The summed E-state index contributed by atoms with van der Waals surface area (Å²) in [6.07, 6.45) is 2.41. The number of aryl methyl sites for hydroxylation is 2. The first-order valence-electron chi connectivity index (χ1n) is 5.84. The van der Waals surface area contributed by atoms with Crippen molar-refractivity contribution in [3.63, 3.8) is 0 Å². The summed E-state index contributed by atoms with van der Waals surface area (Å²) in [7, 11) is 0. The number of nitrogens with zero attached hydrogens (tertiary/aromatic N) is 3. The normalized spacial score (nSPS) is 18.4. The van der Waals surface area contributed by atoms with Gasteiger partial charge in [-0.05, 0) is 19.8 Å². The molecule has 0 saturated carbocycles.